The lowest BCUT2D eigenvalue weighted by Crippen LogP contribution is -2.51. The van der Waals surface area contributed by atoms with Crippen molar-refractivity contribution in [2.75, 3.05) is 38.0 Å². The molecule has 2 aliphatic rings. The van der Waals surface area contributed by atoms with Crippen molar-refractivity contribution in [3.05, 3.63) is 29.8 Å². The maximum atomic E-state index is 12.8. The largest absolute Gasteiger partial charge is 0.385 e. The zero-order valence-corrected chi connectivity index (χ0v) is 12.3. The van der Waals surface area contributed by atoms with Crippen LogP contribution in [-0.4, -0.2) is 54.3 Å². The lowest BCUT2D eigenvalue weighted by Gasteiger charge is -2.37. The van der Waals surface area contributed by atoms with Gasteiger partial charge in [-0.05, 0) is 18.1 Å². The number of carbonyl (C=O) groups is 2. The molecule has 1 unspecified atom stereocenters. The second kappa shape index (κ2) is 5.76. The molecule has 0 aliphatic carbocycles. The molecule has 0 bridgehead atoms. The van der Waals surface area contributed by atoms with E-state index in [1.165, 1.54) is 0 Å². The minimum absolute atomic E-state index is 0.0497. The summed E-state index contributed by atoms with van der Waals surface area (Å²) < 4.78 is 0. The van der Waals surface area contributed by atoms with E-state index in [1.807, 2.05) is 29.2 Å². The summed E-state index contributed by atoms with van der Waals surface area (Å²) in [5, 5.41) is 3.35. The van der Waals surface area contributed by atoms with Crippen molar-refractivity contribution in [3.63, 3.8) is 0 Å². The number of rotatable bonds is 1. The van der Waals surface area contributed by atoms with Crippen molar-refractivity contribution in [2.45, 2.75) is 19.3 Å². The molecule has 2 amide bonds. The molecule has 3 rings (SSSR count). The molecule has 1 aromatic carbocycles. The summed E-state index contributed by atoms with van der Waals surface area (Å²) in [5.41, 5.74) is 2.17. The van der Waals surface area contributed by atoms with Crippen molar-refractivity contribution in [2.24, 2.45) is 0 Å². The number of amides is 2. The number of hydrogen-bond acceptors (Lipinski definition) is 3. The van der Waals surface area contributed by atoms with Crippen LogP contribution in [0.1, 0.15) is 24.8 Å². The standard InChI is InChI=1S/C16H21N3O2/c1-12(20)18-8-10-19(11-9-18)16(21)14-6-7-17-15-5-3-2-4-13(14)15/h2-5,14,17H,6-11H2,1H3. The molecule has 0 radical (unpaired) electrons. The molecule has 1 fully saturated rings. The number of benzene rings is 1. The first-order valence-electron chi connectivity index (χ1n) is 7.54. The second-order valence-electron chi connectivity index (χ2n) is 5.69. The molecule has 2 heterocycles. The SMILES string of the molecule is CC(=O)N1CCN(C(=O)C2CCNc3ccccc32)CC1. The van der Waals surface area contributed by atoms with Crippen LogP contribution in [0.2, 0.25) is 0 Å². The third-order valence-corrected chi connectivity index (χ3v) is 4.42. The van der Waals surface area contributed by atoms with Crippen LogP contribution >= 0.6 is 0 Å². The summed E-state index contributed by atoms with van der Waals surface area (Å²) in [6.45, 7) is 5.00. The van der Waals surface area contributed by atoms with E-state index in [0.29, 0.717) is 26.2 Å². The fraction of sp³-hybridized carbons (Fsp3) is 0.500. The number of nitrogens with one attached hydrogen (secondary N) is 1. The first kappa shape index (κ1) is 13.9. The van der Waals surface area contributed by atoms with Crippen molar-refractivity contribution < 1.29 is 9.59 Å². The van der Waals surface area contributed by atoms with E-state index < -0.39 is 0 Å². The fourth-order valence-electron chi connectivity index (χ4n) is 3.19. The molecule has 0 aromatic heterocycles. The molecule has 5 heteroatoms. The molecule has 1 saturated heterocycles. The Morgan fingerprint density at radius 1 is 1.10 bits per heavy atom. The van der Waals surface area contributed by atoms with Crippen LogP contribution in [0, 0.1) is 0 Å². The Hall–Kier alpha value is -2.04. The van der Waals surface area contributed by atoms with E-state index in [0.717, 1.165) is 24.2 Å². The molecular formula is C16H21N3O2. The summed E-state index contributed by atoms with van der Waals surface area (Å²) in [6, 6.07) is 8.04. The highest BCUT2D eigenvalue weighted by Crippen LogP contribution is 2.32. The minimum Gasteiger partial charge on any atom is -0.385 e. The molecule has 2 aliphatic heterocycles. The van der Waals surface area contributed by atoms with Crippen LogP contribution in [-0.2, 0) is 9.59 Å². The van der Waals surface area contributed by atoms with Gasteiger partial charge in [-0.15, -0.1) is 0 Å². The van der Waals surface area contributed by atoms with Gasteiger partial charge in [0.1, 0.15) is 0 Å². The Bertz CT molecular complexity index is 550. The maximum absolute atomic E-state index is 12.8. The predicted molar refractivity (Wildman–Crippen MR) is 81.1 cm³/mol. The van der Waals surface area contributed by atoms with Crippen molar-refractivity contribution >= 4 is 17.5 Å². The zero-order valence-electron chi connectivity index (χ0n) is 12.3. The summed E-state index contributed by atoms with van der Waals surface area (Å²) in [4.78, 5) is 27.9. The number of piperazine rings is 1. The number of anilines is 1. The first-order valence-corrected chi connectivity index (χ1v) is 7.54. The van der Waals surface area contributed by atoms with E-state index >= 15 is 0 Å². The highest BCUT2D eigenvalue weighted by atomic mass is 16.2. The van der Waals surface area contributed by atoms with Gasteiger partial charge in [-0.2, -0.15) is 0 Å². The van der Waals surface area contributed by atoms with Crippen LogP contribution < -0.4 is 5.32 Å². The predicted octanol–water partition coefficient (Wildman–Crippen LogP) is 1.28. The Balaban J connectivity index is 1.71. The molecule has 0 spiro atoms. The smallest absolute Gasteiger partial charge is 0.230 e. The van der Waals surface area contributed by atoms with Gasteiger partial charge >= 0.3 is 0 Å². The van der Waals surface area contributed by atoms with Crippen LogP contribution in [0.15, 0.2) is 24.3 Å². The summed E-state index contributed by atoms with van der Waals surface area (Å²) in [7, 11) is 0. The lowest BCUT2D eigenvalue weighted by molar-refractivity contribution is -0.139. The van der Waals surface area contributed by atoms with E-state index in [4.69, 9.17) is 0 Å². The Morgan fingerprint density at radius 3 is 2.48 bits per heavy atom. The molecule has 1 aromatic rings. The Morgan fingerprint density at radius 2 is 1.76 bits per heavy atom. The molecule has 21 heavy (non-hydrogen) atoms. The molecule has 1 N–H and O–H groups in total. The van der Waals surface area contributed by atoms with Crippen LogP contribution in [0.5, 0.6) is 0 Å². The maximum Gasteiger partial charge on any atom is 0.230 e. The van der Waals surface area contributed by atoms with E-state index in [-0.39, 0.29) is 17.7 Å². The highest BCUT2D eigenvalue weighted by Gasteiger charge is 2.31. The average Bonchev–Trinajstić information content (AvgIpc) is 2.53. The normalized spacial score (nSPS) is 21.5. The Kier molecular flexibility index (Phi) is 3.82. The van der Waals surface area contributed by atoms with E-state index in [1.54, 1.807) is 11.8 Å². The van der Waals surface area contributed by atoms with Crippen molar-refractivity contribution in [1.82, 2.24) is 9.80 Å². The number of hydrogen-bond donors (Lipinski definition) is 1. The summed E-state index contributed by atoms with van der Waals surface area (Å²) >= 11 is 0. The van der Waals surface area contributed by atoms with Gasteiger partial charge in [0.25, 0.3) is 0 Å². The second-order valence-corrected chi connectivity index (χ2v) is 5.69. The zero-order chi connectivity index (χ0) is 14.8. The Labute approximate surface area is 124 Å². The third kappa shape index (κ3) is 2.73. The fourth-order valence-corrected chi connectivity index (χ4v) is 3.19. The number of fused-ring (bicyclic) bond motifs is 1. The van der Waals surface area contributed by atoms with Crippen molar-refractivity contribution in [3.8, 4) is 0 Å². The van der Waals surface area contributed by atoms with Gasteiger partial charge in [0.05, 0.1) is 5.92 Å². The molecular weight excluding hydrogens is 266 g/mol. The molecule has 1 atom stereocenters. The van der Waals surface area contributed by atoms with Gasteiger partial charge in [0, 0.05) is 45.3 Å². The molecule has 5 nitrogen and oxygen atoms in total. The first-order chi connectivity index (χ1) is 10.2. The third-order valence-electron chi connectivity index (χ3n) is 4.42. The van der Waals surface area contributed by atoms with Crippen LogP contribution in [0.3, 0.4) is 0 Å². The number of nitrogens with zero attached hydrogens (tertiary/aromatic N) is 2. The summed E-state index contributed by atoms with van der Waals surface area (Å²) in [5.74, 6) is 0.243. The summed E-state index contributed by atoms with van der Waals surface area (Å²) in [6.07, 6.45) is 0.836. The van der Waals surface area contributed by atoms with Gasteiger partial charge in [-0.1, -0.05) is 18.2 Å². The van der Waals surface area contributed by atoms with Gasteiger partial charge < -0.3 is 15.1 Å². The van der Waals surface area contributed by atoms with Gasteiger partial charge in [0.15, 0.2) is 0 Å². The van der Waals surface area contributed by atoms with Crippen LogP contribution in [0.4, 0.5) is 5.69 Å². The van der Waals surface area contributed by atoms with Gasteiger partial charge in [-0.25, -0.2) is 0 Å². The minimum atomic E-state index is -0.0497. The lowest BCUT2D eigenvalue weighted by atomic mass is 9.89. The monoisotopic (exact) mass is 287 g/mol. The highest BCUT2D eigenvalue weighted by molar-refractivity contribution is 5.86. The van der Waals surface area contributed by atoms with E-state index in [2.05, 4.69) is 5.32 Å². The average molecular weight is 287 g/mol. The quantitative estimate of drug-likeness (QED) is 0.846. The molecule has 112 valence electrons. The van der Waals surface area contributed by atoms with Gasteiger partial charge in [0.2, 0.25) is 11.8 Å². The molecule has 0 saturated carbocycles. The van der Waals surface area contributed by atoms with Crippen LogP contribution in [0.25, 0.3) is 0 Å². The topological polar surface area (TPSA) is 52.7 Å². The van der Waals surface area contributed by atoms with Gasteiger partial charge in [-0.3, -0.25) is 9.59 Å². The van der Waals surface area contributed by atoms with E-state index in [9.17, 15) is 9.59 Å². The number of para-hydroxylation sites is 1. The van der Waals surface area contributed by atoms with Crippen molar-refractivity contribution in [1.29, 1.82) is 0 Å². The number of carbonyl (C=O) groups excluding carboxylic acids is 2.